The topological polar surface area (TPSA) is 51.2 Å². The zero-order valence-corrected chi connectivity index (χ0v) is 22.7. The number of alkyl halides is 6. The summed E-state index contributed by atoms with van der Waals surface area (Å²) in [6, 6.07) is 14.9. The molecule has 1 fully saturated rings. The molecule has 1 saturated heterocycles. The summed E-state index contributed by atoms with van der Waals surface area (Å²) >= 11 is 0.640. The lowest BCUT2D eigenvalue weighted by Crippen LogP contribution is -2.50. The summed E-state index contributed by atoms with van der Waals surface area (Å²) in [5.41, 5.74) is -0.301. The number of fused-ring (bicyclic) bond motifs is 1. The van der Waals surface area contributed by atoms with Gasteiger partial charge in [0.05, 0.1) is 0 Å². The van der Waals surface area contributed by atoms with Gasteiger partial charge in [-0.15, -0.1) is 11.3 Å². The third-order valence-corrected chi connectivity index (χ3v) is 8.48. The second-order valence-electron chi connectivity index (χ2n) is 10.1. The van der Waals surface area contributed by atoms with E-state index in [9.17, 15) is 31.4 Å². The third kappa shape index (κ3) is 6.11. The highest BCUT2D eigenvalue weighted by Gasteiger charge is 2.62. The predicted molar refractivity (Wildman–Crippen MR) is 142 cm³/mol. The van der Waals surface area contributed by atoms with Gasteiger partial charge in [0.15, 0.2) is 6.29 Å². The first-order valence-electron chi connectivity index (χ1n) is 12.7. The molecule has 220 valence electrons. The molecule has 0 spiro atoms. The third-order valence-electron chi connectivity index (χ3n) is 7.33. The van der Waals surface area contributed by atoms with E-state index in [1.807, 2.05) is 6.08 Å². The minimum absolute atomic E-state index is 0.0658. The number of methoxy groups -OCH3 is 1. The van der Waals surface area contributed by atoms with E-state index in [0.717, 1.165) is 12.7 Å². The van der Waals surface area contributed by atoms with Gasteiger partial charge in [0.1, 0.15) is 35.0 Å². The Morgan fingerprint density at radius 2 is 1.83 bits per heavy atom. The Bertz CT molecular complexity index is 1400. The molecule has 1 aromatic heterocycles. The zero-order valence-electron chi connectivity index (χ0n) is 21.9. The number of thiophene rings is 1. The van der Waals surface area contributed by atoms with Gasteiger partial charge in [-0.05, 0) is 48.4 Å². The number of ether oxygens (including phenoxy) is 3. The molecule has 5 nitrogen and oxygen atoms in total. The van der Waals surface area contributed by atoms with Crippen LogP contribution in [-0.4, -0.2) is 55.8 Å². The van der Waals surface area contributed by atoms with Crippen molar-refractivity contribution in [3.05, 3.63) is 75.5 Å². The summed E-state index contributed by atoms with van der Waals surface area (Å²) in [6.45, 7) is 0.0628. The van der Waals surface area contributed by atoms with Gasteiger partial charge in [0.25, 0.3) is 0 Å². The van der Waals surface area contributed by atoms with Crippen LogP contribution in [0.3, 0.4) is 0 Å². The molecule has 0 amide bonds. The molecule has 3 heterocycles. The normalized spacial score (nSPS) is 20.3. The van der Waals surface area contributed by atoms with Crippen LogP contribution < -0.4 is 9.47 Å². The van der Waals surface area contributed by atoms with Gasteiger partial charge in [-0.1, -0.05) is 30.3 Å². The molecule has 12 heteroatoms. The maximum absolute atomic E-state index is 13.8. The van der Waals surface area contributed by atoms with Crippen LogP contribution in [0.15, 0.2) is 60.2 Å². The van der Waals surface area contributed by atoms with Crippen LogP contribution in [0.4, 0.5) is 26.3 Å². The van der Waals surface area contributed by atoms with Crippen LogP contribution in [0.5, 0.6) is 11.5 Å². The Morgan fingerprint density at radius 3 is 2.51 bits per heavy atom. The maximum Gasteiger partial charge on any atom is 0.426 e. The molecule has 0 saturated carbocycles. The van der Waals surface area contributed by atoms with Crippen LogP contribution in [0.1, 0.15) is 21.7 Å². The largest absolute Gasteiger partial charge is 0.488 e. The molecule has 1 N–H and O–H groups in total. The number of rotatable bonds is 8. The molecular weight excluding hydrogens is 572 g/mol. The first kappa shape index (κ1) is 29.4. The first-order chi connectivity index (χ1) is 19.4. The smallest absolute Gasteiger partial charge is 0.426 e. The van der Waals surface area contributed by atoms with Gasteiger partial charge in [0.2, 0.25) is 0 Å². The summed E-state index contributed by atoms with van der Waals surface area (Å²) in [5.74, 6) is 0.908. The lowest BCUT2D eigenvalue weighted by Gasteiger charge is -2.35. The summed E-state index contributed by atoms with van der Waals surface area (Å²) in [7, 11) is 1.05. The predicted octanol–water partition coefficient (Wildman–Crippen LogP) is 7.01. The van der Waals surface area contributed by atoms with Gasteiger partial charge >= 0.3 is 12.4 Å². The van der Waals surface area contributed by atoms with Crippen LogP contribution in [-0.2, 0) is 17.5 Å². The molecule has 2 unspecified atom stereocenters. The molecule has 2 aliphatic rings. The Hall–Kier alpha value is -3.06. The fourth-order valence-corrected chi connectivity index (χ4v) is 6.18. The van der Waals surface area contributed by atoms with Crippen molar-refractivity contribution < 1.29 is 45.7 Å². The second kappa shape index (κ2) is 11.3. The molecule has 41 heavy (non-hydrogen) atoms. The lowest BCUT2D eigenvalue weighted by atomic mass is 9.85. The number of nitrogens with zero attached hydrogens (tertiary/aromatic N) is 1. The molecule has 0 bridgehead atoms. The van der Waals surface area contributed by atoms with E-state index in [2.05, 4.69) is 4.74 Å². The van der Waals surface area contributed by atoms with Gasteiger partial charge < -0.3 is 19.3 Å². The summed E-state index contributed by atoms with van der Waals surface area (Å²) in [5, 5.41) is 9.97. The van der Waals surface area contributed by atoms with E-state index in [-0.39, 0.29) is 38.3 Å². The van der Waals surface area contributed by atoms with Crippen molar-refractivity contribution in [3.63, 3.8) is 0 Å². The van der Waals surface area contributed by atoms with Crippen LogP contribution in [0.2, 0.25) is 0 Å². The number of aliphatic hydroxyl groups is 1. The number of likely N-dealkylation sites (tertiary alicyclic amines) is 1. The molecule has 0 aliphatic carbocycles. The number of hydrogen-bond acceptors (Lipinski definition) is 6. The van der Waals surface area contributed by atoms with Crippen molar-refractivity contribution in [2.45, 2.75) is 31.7 Å². The first-order valence-corrected chi connectivity index (χ1v) is 13.6. The monoisotopic (exact) mass is 599 g/mol. The van der Waals surface area contributed by atoms with Crippen molar-refractivity contribution >= 4 is 17.4 Å². The van der Waals surface area contributed by atoms with E-state index < -0.39 is 35.5 Å². The second-order valence-corrected chi connectivity index (χ2v) is 11.2. The van der Waals surface area contributed by atoms with Crippen LogP contribution in [0.25, 0.3) is 17.2 Å². The van der Waals surface area contributed by atoms with E-state index >= 15 is 0 Å². The van der Waals surface area contributed by atoms with E-state index in [4.69, 9.17) is 9.47 Å². The Morgan fingerprint density at radius 1 is 1.07 bits per heavy atom. The molecule has 2 aliphatic heterocycles. The molecular formula is C29H27F6NO4S. The average Bonchev–Trinajstić information content (AvgIpc) is 3.57. The van der Waals surface area contributed by atoms with Crippen LogP contribution >= 0.6 is 11.3 Å². The Balaban J connectivity index is 1.25. The molecule has 2 atom stereocenters. The van der Waals surface area contributed by atoms with Crippen molar-refractivity contribution in [2.24, 2.45) is 5.41 Å². The highest BCUT2D eigenvalue weighted by molar-refractivity contribution is 7.12. The summed E-state index contributed by atoms with van der Waals surface area (Å²) < 4.78 is 98.7. The average molecular weight is 600 g/mol. The van der Waals surface area contributed by atoms with Crippen LogP contribution in [0, 0.1) is 5.41 Å². The van der Waals surface area contributed by atoms with Gasteiger partial charge in [0, 0.05) is 42.3 Å². The SMILES string of the molecule is COC(O)C1(C(F)(F)F)CCN(CC2=Cc3ccc(OCc4cc(-c5ccccc5)c(C(F)(F)F)s4)cc3OC2)C1. The summed E-state index contributed by atoms with van der Waals surface area (Å²) in [4.78, 5) is 1.35. The fourth-order valence-electron chi connectivity index (χ4n) is 5.22. The zero-order chi connectivity index (χ0) is 29.4. The van der Waals surface area contributed by atoms with E-state index in [1.54, 1.807) is 53.4 Å². The highest BCUT2D eigenvalue weighted by Crippen LogP contribution is 2.48. The number of benzene rings is 2. The van der Waals surface area contributed by atoms with Gasteiger partial charge in [-0.3, -0.25) is 4.90 Å². The fraction of sp³-hybridized carbons (Fsp3) is 0.379. The number of hydrogen-bond donors (Lipinski definition) is 1. The lowest BCUT2D eigenvalue weighted by molar-refractivity contribution is -0.295. The van der Waals surface area contributed by atoms with Crippen molar-refractivity contribution in [1.29, 1.82) is 0 Å². The minimum Gasteiger partial charge on any atom is -0.488 e. The van der Waals surface area contributed by atoms with Crippen molar-refractivity contribution in [1.82, 2.24) is 4.90 Å². The number of aliphatic hydroxyl groups excluding tert-OH is 1. The van der Waals surface area contributed by atoms with Crippen molar-refractivity contribution in [2.75, 3.05) is 33.4 Å². The molecule has 5 rings (SSSR count). The van der Waals surface area contributed by atoms with E-state index in [0.29, 0.717) is 38.8 Å². The molecule has 0 radical (unpaired) electrons. The Labute approximate surface area is 236 Å². The highest BCUT2D eigenvalue weighted by atomic mass is 32.1. The maximum atomic E-state index is 13.8. The Kier molecular flexibility index (Phi) is 8.12. The molecule has 2 aromatic carbocycles. The van der Waals surface area contributed by atoms with Gasteiger partial charge in [-0.2, -0.15) is 26.3 Å². The number of halogens is 6. The summed E-state index contributed by atoms with van der Waals surface area (Å²) in [6.07, 6.45) is -9.52. The quantitative estimate of drug-likeness (QED) is 0.223. The van der Waals surface area contributed by atoms with Crippen molar-refractivity contribution in [3.8, 4) is 22.6 Å². The van der Waals surface area contributed by atoms with Gasteiger partial charge in [-0.25, -0.2) is 0 Å². The minimum atomic E-state index is -4.63. The standard InChI is InChI=1S/C29H27F6NO4S/c1-38-26(37)27(29(33,34)35)9-10-36(17-27)14-18-11-20-7-8-21(12-24(20)40-15-18)39-16-22-13-23(19-5-3-2-4-6-19)25(41-22)28(30,31)32/h2-8,11-13,26,37H,9-10,14-17H2,1H3. The van der Waals surface area contributed by atoms with E-state index in [1.165, 1.54) is 6.07 Å². The molecule has 3 aromatic rings.